The van der Waals surface area contributed by atoms with Crippen molar-refractivity contribution >= 4 is 6.08 Å². The van der Waals surface area contributed by atoms with Crippen molar-refractivity contribution < 1.29 is 31.1 Å². The summed E-state index contributed by atoms with van der Waals surface area (Å²) in [6, 6.07) is 4.09. The van der Waals surface area contributed by atoms with Gasteiger partial charge in [-0.05, 0) is 66.6 Å². The minimum atomic E-state index is -5.23. The van der Waals surface area contributed by atoms with Gasteiger partial charge in [0, 0.05) is 5.56 Å². The van der Waals surface area contributed by atoms with E-state index in [-0.39, 0.29) is 11.1 Å². The summed E-state index contributed by atoms with van der Waals surface area (Å²) in [6.45, 7) is 2.12. The van der Waals surface area contributed by atoms with Gasteiger partial charge in [0.05, 0.1) is 0 Å². The van der Waals surface area contributed by atoms with Crippen LogP contribution in [0.25, 0.3) is 17.2 Å². The predicted molar refractivity (Wildman–Crippen MR) is 98.9 cm³/mol. The number of ether oxygens (including phenoxy) is 1. The van der Waals surface area contributed by atoms with E-state index in [0.717, 1.165) is 43.2 Å². The van der Waals surface area contributed by atoms with Crippen molar-refractivity contribution in [2.24, 2.45) is 0 Å². The summed E-state index contributed by atoms with van der Waals surface area (Å²) >= 11 is 0. The molecular weight excluding hydrogens is 394 g/mol. The molecule has 0 fully saturated rings. The first-order valence-corrected chi connectivity index (χ1v) is 9.45. The van der Waals surface area contributed by atoms with Gasteiger partial charge in [-0.15, -0.1) is 13.2 Å². The number of alkyl halides is 3. The fourth-order valence-corrected chi connectivity index (χ4v) is 3.52. The highest BCUT2D eigenvalue weighted by molar-refractivity contribution is 5.71. The highest BCUT2D eigenvalue weighted by Gasteiger charge is 2.34. The Morgan fingerprint density at radius 2 is 1.59 bits per heavy atom. The number of halogens is 6. The number of benzene rings is 2. The van der Waals surface area contributed by atoms with E-state index in [9.17, 15) is 26.3 Å². The molecule has 2 aromatic rings. The molecular formula is C22H20F6O. The Morgan fingerprint density at radius 1 is 0.897 bits per heavy atom. The van der Waals surface area contributed by atoms with Crippen molar-refractivity contribution in [3.05, 3.63) is 58.4 Å². The topological polar surface area (TPSA) is 9.23 Å². The van der Waals surface area contributed by atoms with Crippen molar-refractivity contribution in [2.45, 2.75) is 51.8 Å². The minimum absolute atomic E-state index is 0.0667. The molecule has 29 heavy (non-hydrogen) atoms. The highest BCUT2D eigenvalue weighted by atomic mass is 19.4. The summed E-state index contributed by atoms with van der Waals surface area (Å²) in [5.74, 6) is -5.35. The maximum atomic E-state index is 14.6. The van der Waals surface area contributed by atoms with E-state index in [2.05, 4.69) is 11.7 Å². The zero-order valence-corrected chi connectivity index (χ0v) is 15.8. The second kappa shape index (κ2) is 8.51. The minimum Gasteiger partial charge on any atom is -0.399 e. The van der Waals surface area contributed by atoms with Gasteiger partial charge < -0.3 is 4.74 Å². The molecule has 156 valence electrons. The first kappa shape index (κ1) is 21.3. The number of hydrogen-bond donors (Lipinski definition) is 0. The summed E-state index contributed by atoms with van der Waals surface area (Å²) in [6.07, 6.45) is 2.47. The van der Waals surface area contributed by atoms with E-state index in [1.54, 1.807) is 0 Å². The molecule has 0 saturated heterocycles. The van der Waals surface area contributed by atoms with E-state index in [1.165, 1.54) is 17.7 Å². The van der Waals surface area contributed by atoms with Crippen LogP contribution in [0.2, 0.25) is 0 Å². The molecule has 1 nitrogen and oxygen atoms in total. The van der Waals surface area contributed by atoms with Crippen molar-refractivity contribution in [3.8, 4) is 16.9 Å². The quantitative estimate of drug-likeness (QED) is 0.350. The van der Waals surface area contributed by atoms with Gasteiger partial charge in [0.15, 0.2) is 11.6 Å². The van der Waals surface area contributed by atoms with Crippen LogP contribution >= 0.6 is 0 Å². The van der Waals surface area contributed by atoms with Gasteiger partial charge in [0.25, 0.3) is 0 Å². The van der Waals surface area contributed by atoms with E-state index >= 15 is 0 Å². The zero-order valence-electron chi connectivity index (χ0n) is 15.8. The Kier molecular flexibility index (Phi) is 6.24. The van der Waals surface area contributed by atoms with Crippen LogP contribution in [0.4, 0.5) is 26.3 Å². The molecule has 0 aromatic heterocycles. The number of unbranched alkanes of at least 4 members (excludes halogenated alkanes) is 2. The third-order valence-corrected chi connectivity index (χ3v) is 4.93. The van der Waals surface area contributed by atoms with Crippen molar-refractivity contribution in [1.29, 1.82) is 0 Å². The Labute approximate surface area is 165 Å². The summed E-state index contributed by atoms with van der Waals surface area (Å²) in [4.78, 5) is 0. The molecule has 1 aliphatic carbocycles. The molecule has 1 aliphatic rings. The molecule has 0 amide bonds. The lowest BCUT2D eigenvalue weighted by Crippen LogP contribution is -2.19. The smallest absolute Gasteiger partial charge is 0.399 e. The second-order valence-electron chi connectivity index (χ2n) is 7.11. The first-order chi connectivity index (χ1) is 13.7. The lowest BCUT2D eigenvalue weighted by Gasteiger charge is -2.19. The predicted octanol–water partition coefficient (Wildman–Crippen LogP) is 7.58. The molecule has 0 heterocycles. The van der Waals surface area contributed by atoms with Gasteiger partial charge in [0.2, 0.25) is 5.75 Å². The molecule has 0 radical (unpaired) electrons. The zero-order chi connectivity index (χ0) is 21.2. The standard InChI is InChI=1S/C22H20F6O/c1-2-3-4-5-13-6-7-14-9-17(18(23)10-15(14)8-13)16-11-19(24)21(20(25)12-16)29-22(26,27)28/h8-12H,2-7H2,1H3. The lowest BCUT2D eigenvalue weighted by molar-refractivity contribution is -0.276. The third-order valence-electron chi connectivity index (χ3n) is 4.93. The van der Waals surface area contributed by atoms with E-state index in [4.69, 9.17) is 0 Å². The van der Waals surface area contributed by atoms with Crippen molar-refractivity contribution in [2.75, 3.05) is 0 Å². The Hall–Kier alpha value is -2.44. The Morgan fingerprint density at radius 3 is 2.21 bits per heavy atom. The maximum absolute atomic E-state index is 14.6. The summed E-state index contributed by atoms with van der Waals surface area (Å²) in [7, 11) is 0. The second-order valence-corrected chi connectivity index (χ2v) is 7.11. The van der Waals surface area contributed by atoms with Crippen LogP contribution in [-0.4, -0.2) is 6.36 Å². The van der Waals surface area contributed by atoms with E-state index in [1.807, 2.05) is 6.08 Å². The van der Waals surface area contributed by atoms with Crippen LogP contribution in [0.5, 0.6) is 5.75 Å². The fourth-order valence-electron chi connectivity index (χ4n) is 3.52. The van der Waals surface area contributed by atoms with Gasteiger partial charge in [-0.1, -0.05) is 31.4 Å². The Bertz CT molecular complexity index is 907. The summed E-state index contributed by atoms with van der Waals surface area (Å²) in [5, 5.41) is 0. The average Bonchev–Trinajstić information content (AvgIpc) is 2.63. The molecule has 0 N–H and O–H groups in total. The van der Waals surface area contributed by atoms with Crippen molar-refractivity contribution in [3.63, 3.8) is 0 Å². The van der Waals surface area contributed by atoms with Gasteiger partial charge in [-0.25, -0.2) is 13.2 Å². The van der Waals surface area contributed by atoms with E-state index < -0.39 is 29.6 Å². The Balaban J connectivity index is 1.92. The number of rotatable bonds is 6. The largest absolute Gasteiger partial charge is 0.573 e. The van der Waals surface area contributed by atoms with Gasteiger partial charge in [-0.2, -0.15) is 0 Å². The SMILES string of the molecule is CCCCCC1=Cc2cc(F)c(-c3cc(F)c(OC(F)(F)F)c(F)c3)cc2CC1. The third kappa shape index (κ3) is 5.14. The molecule has 0 saturated carbocycles. The summed E-state index contributed by atoms with van der Waals surface area (Å²) < 4.78 is 82.9. The number of fused-ring (bicyclic) bond motifs is 1. The molecule has 0 atom stereocenters. The van der Waals surface area contributed by atoms with Gasteiger partial charge >= 0.3 is 6.36 Å². The molecule has 3 rings (SSSR count). The molecule has 0 bridgehead atoms. The van der Waals surface area contributed by atoms with Crippen LogP contribution in [0, 0.1) is 17.5 Å². The van der Waals surface area contributed by atoms with Crippen LogP contribution in [0.3, 0.4) is 0 Å². The number of hydrogen-bond acceptors (Lipinski definition) is 1. The van der Waals surface area contributed by atoms with Crippen LogP contribution in [-0.2, 0) is 6.42 Å². The molecule has 0 aliphatic heterocycles. The fraction of sp³-hybridized carbons (Fsp3) is 0.364. The van der Waals surface area contributed by atoms with Crippen LogP contribution in [0.1, 0.15) is 50.2 Å². The van der Waals surface area contributed by atoms with Crippen LogP contribution in [0.15, 0.2) is 29.8 Å². The molecule has 7 heteroatoms. The van der Waals surface area contributed by atoms with Gasteiger partial charge in [0.1, 0.15) is 5.82 Å². The van der Waals surface area contributed by atoms with E-state index in [0.29, 0.717) is 18.6 Å². The number of aryl methyl sites for hydroxylation is 1. The highest BCUT2D eigenvalue weighted by Crippen LogP contribution is 2.36. The van der Waals surface area contributed by atoms with Crippen LogP contribution < -0.4 is 4.74 Å². The monoisotopic (exact) mass is 414 g/mol. The first-order valence-electron chi connectivity index (χ1n) is 9.45. The number of allylic oxidation sites excluding steroid dienone is 1. The molecule has 2 aromatic carbocycles. The maximum Gasteiger partial charge on any atom is 0.573 e. The average molecular weight is 414 g/mol. The van der Waals surface area contributed by atoms with Crippen molar-refractivity contribution in [1.82, 2.24) is 0 Å². The lowest BCUT2D eigenvalue weighted by atomic mass is 9.87. The molecule has 0 spiro atoms. The summed E-state index contributed by atoms with van der Waals surface area (Å²) in [5.41, 5.74) is 2.54. The molecule has 0 unspecified atom stereocenters. The normalized spacial score (nSPS) is 13.8. The van der Waals surface area contributed by atoms with Gasteiger partial charge in [-0.3, -0.25) is 0 Å².